The quantitative estimate of drug-likeness (QED) is 0.713. The molecule has 0 spiro atoms. The van der Waals surface area contributed by atoms with E-state index in [2.05, 4.69) is 67.6 Å². The van der Waals surface area contributed by atoms with E-state index in [1.807, 2.05) is 0 Å². The van der Waals surface area contributed by atoms with Crippen molar-refractivity contribution in [3.63, 3.8) is 0 Å². The predicted molar refractivity (Wildman–Crippen MR) is 90.5 cm³/mol. The van der Waals surface area contributed by atoms with Crippen LogP contribution in [0.2, 0.25) is 0 Å². The molecule has 0 aromatic heterocycles. The van der Waals surface area contributed by atoms with Crippen LogP contribution in [0.25, 0.3) is 0 Å². The van der Waals surface area contributed by atoms with E-state index in [0.29, 0.717) is 0 Å². The molecular formula is C19H23P. The maximum Gasteiger partial charge on any atom is -0.0101 e. The van der Waals surface area contributed by atoms with Gasteiger partial charge in [-0.05, 0) is 42.9 Å². The summed E-state index contributed by atoms with van der Waals surface area (Å²) in [4.78, 5) is 0. The minimum absolute atomic E-state index is 0.197. The lowest BCUT2D eigenvalue weighted by Gasteiger charge is -2.29. The molecule has 0 amide bonds. The van der Waals surface area contributed by atoms with Gasteiger partial charge in [0.25, 0.3) is 0 Å². The summed E-state index contributed by atoms with van der Waals surface area (Å²) < 4.78 is 0. The monoisotopic (exact) mass is 282 g/mol. The molecule has 1 saturated carbocycles. The summed E-state index contributed by atoms with van der Waals surface area (Å²) in [6.07, 6.45) is 5.60. The minimum Gasteiger partial charge on any atom is -0.0651 e. The number of benzene rings is 2. The molecule has 1 heteroatoms. The molecule has 1 aliphatic carbocycles. The van der Waals surface area contributed by atoms with Gasteiger partial charge in [0.05, 0.1) is 0 Å². The van der Waals surface area contributed by atoms with Gasteiger partial charge in [-0.15, -0.1) is 0 Å². The van der Waals surface area contributed by atoms with Crippen molar-refractivity contribution in [2.45, 2.75) is 38.3 Å². The Hall–Kier alpha value is -1.13. The van der Waals surface area contributed by atoms with E-state index in [4.69, 9.17) is 0 Å². The Bertz CT molecular complexity index is 480. The molecule has 20 heavy (non-hydrogen) atoms. The SMILES string of the molecule is CC[C@@H]1CCC[C@H]1P(c1ccccc1)c1ccccc1. The molecular weight excluding hydrogens is 259 g/mol. The van der Waals surface area contributed by atoms with Crippen molar-refractivity contribution < 1.29 is 0 Å². The fourth-order valence-electron chi connectivity index (χ4n) is 3.54. The molecule has 0 unspecified atom stereocenters. The zero-order chi connectivity index (χ0) is 13.8. The van der Waals surface area contributed by atoms with Gasteiger partial charge < -0.3 is 0 Å². The third-order valence-corrected chi connectivity index (χ3v) is 7.60. The van der Waals surface area contributed by atoms with E-state index >= 15 is 0 Å². The lowest BCUT2D eigenvalue weighted by molar-refractivity contribution is 0.538. The largest absolute Gasteiger partial charge is 0.0651 e. The molecule has 1 aliphatic rings. The van der Waals surface area contributed by atoms with Gasteiger partial charge in [-0.25, -0.2) is 0 Å². The molecule has 0 aliphatic heterocycles. The van der Waals surface area contributed by atoms with Crippen LogP contribution in [0.5, 0.6) is 0 Å². The van der Waals surface area contributed by atoms with Gasteiger partial charge in [0.1, 0.15) is 0 Å². The fraction of sp³-hybridized carbons (Fsp3) is 0.368. The summed E-state index contributed by atoms with van der Waals surface area (Å²) >= 11 is 0. The van der Waals surface area contributed by atoms with E-state index in [1.54, 1.807) is 10.6 Å². The molecule has 2 aromatic rings. The van der Waals surface area contributed by atoms with Gasteiger partial charge in [-0.1, -0.05) is 80.4 Å². The molecule has 0 bridgehead atoms. The van der Waals surface area contributed by atoms with Crippen LogP contribution in [0.15, 0.2) is 60.7 Å². The van der Waals surface area contributed by atoms with Crippen molar-refractivity contribution in [2.75, 3.05) is 0 Å². The number of hydrogen-bond acceptors (Lipinski definition) is 0. The van der Waals surface area contributed by atoms with Gasteiger partial charge in [0.2, 0.25) is 0 Å². The van der Waals surface area contributed by atoms with E-state index in [-0.39, 0.29) is 7.92 Å². The second-order valence-corrected chi connectivity index (χ2v) is 8.14. The Morgan fingerprint density at radius 2 is 1.40 bits per heavy atom. The highest BCUT2D eigenvalue weighted by Crippen LogP contribution is 2.50. The summed E-state index contributed by atoms with van der Waals surface area (Å²) in [6.45, 7) is 2.37. The molecule has 2 atom stereocenters. The zero-order valence-electron chi connectivity index (χ0n) is 12.2. The summed E-state index contributed by atoms with van der Waals surface area (Å²) in [5.74, 6) is 0.918. The standard InChI is InChI=1S/C19H23P/c1-2-16-10-9-15-19(16)20(17-11-5-3-6-12-17)18-13-7-4-8-14-18/h3-8,11-14,16,19H,2,9-10,15H2,1H3/t16-,19-/m1/s1. The molecule has 0 N–H and O–H groups in total. The highest BCUT2D eigenvalue weighted by Gasteiger charge is 2.33. The maximum atomic E-state index is 2.37. The lowest BCUT2D eigenvalue weighted by atomic mass is 10.1. The van der Waals surface area contributed by atoms with Crippen LogP contribution in [0.4, 0.5) is 0 Å². The maximum absolute atomic E-state index is 2.37. The molecule has 104 valence electrons. The summed E-state index contributed by atoms with van der Waals surface area (Å²) in [5.41, 5.74) is 0.875. The second kappa shape index (κ2) is 6.55. The molecule has 0 saturated heterocycles. The van der Waals surface area contributed by atoms with Crippen molar-refractivity contribution >= 4 is 18.5 Å². The average molecular weight is 282 g/mol. The average Bonchev–Trinajstić information content (AvgIpc) is 2.98. The van der Waals surface area contributed by atoms with Crippen molar-refractivity contribution in [1.82, 2.24) is 0 Å². The van der Waals surface area contributed by atoms with Gasteiger partial charge in [0, 0.05) is 0 Å². The van der Waals surface area contributed by atoms with Crippen LogP contribution < -0.4 is 10.6 Å². The molecule has 0 heterocycles. The number of rotatable bonds is 4. The Labute approximate surface area is 124 Å². The Kier molecular flexibility index (Phi) is 4.53. The fourth-order valence-corrected chi connectivity index (χ4v) is 6.82. The highest BCUT2D eigenvalue weighted by atomic mass is 31.1. The smallest absolute Gasteiger partial charge is 0.0101 e. The van der Waals surface area contributed by atoms with Gasteiger partial charge in [0.15, 0.2) is 0 Å². The Morgan fingerprint density at radius 3 is 1.90 bits per heavy atom. The Morgan fingerprint density at radius 1 is 0.850 bits per heavy atom. The molecule has 3 rings (SSSR count). The van der Waals surface area contributed by atoms with Crippen LogP contribution >= 0.6 is 7.92 Å². The molecule has 2 aromatic carbocycles. The highest BCUT2D eigenvalue weighted by molar-refractivity contribution is 7.73. The van der Waals surface area contributed by atoms with E-state index in [1.165, 1.54) is 25.7 Å². The zero-order valence-corrected chi connectivity index (χ0v) is 13.1. The topological polar surface area (TPSA) is 0 Å². The summed E-state index contributed by atoms with van der Waals surface area (Å²) in [7, 11) is -0.197. The summed E-state index contributed by atoms with van der Waals surface area (Å²) in [6, 6.07) is 22.4. The first-order chi connectivity index (χ1) is 9.90. The second-order valence-electron chi connectivity index (χ2n) is 5.71. The van der Waals surface area contributed by atoms with Crippen LogP contribution in [0.1, 0.15) is 32.6 Å². The molecule has 0 nitrogen and oxygen atoms in total. The first kappa shape index (κ1) is 13.8. The van der Waals surface area contributed by atoms with Gasteiger partial charge in [-0.3, -0.25) is 0 Å². The molecule has 1 fully saturated rings. The minimum atomic E-state index is -0.197. The third-order valence-electron chi connectivity index (χ3n) is 4.54. The van der Waals surface area contributed by atoms with E-state index in [0.717, 1.165) is 11.6 Å². The number of hydrogen-bond donors (Lipinski definition) is 0. The molecule has 0 radical (unpaired) electrons. The van der Waals surface area contributed by atoms with E-state index < -0.39 is 0 Å². The van der Waals surface area contributed by atoms with Gasteiger partial charge in [-0.2, -0.15) is 0 Å². The normalized spacial score (nSPS) is 22.3. The van der Waals surface area contributed by atoms with Crippen molar-refractivity contribution in [3.05, 3.63) is 60.7 Å². The van der Waals surface area contributed by atoms with Crippen LogP contribution in [0, 0.1) is 5.92 Å². The van der Waals surface area contributed by atoms with Crippen molar-refractivity contribution in [3.8, 4) is 0 Å². The van der Waals surface area contributed by atoms with Gasteiger partial charge >= 0.3 is 0 Å². The summed E-state index contributed by atoms with van der Waals surface area (Å²) in [5, 5.41) is 3.11. The van der Waals surface area contributed by atoms with Crippen LogP contribution in [-0.4, -0.2) is 5.66 Å². The lowest BCUT2D eigenvalue weighted by Crippen LogP contribution is -2.24. The first-order valence-corrected chi connectivity index (χ1v) is 9.20. The van der Waals surface area contributed by atoms with Crippen molar-refractivity contribution in [2.24, 2.45) is 5.92 Å². The van der Waals surface area contributed by atoms with Crippen LogP contribution in [0.3, 0.4) is 0 Å². The van der Waals surface area contributed by atoms with E-state index in [9.17, 15) is 0 Å². The Balaban J connectivity index is 2.00. The first-order valence-electron chi connectivity index (χ1n) is 7.79. The van der Waals surface area contributed by atoms with Crippen LogP contribution in [-0.2, 0) is 0 Å². The predicted octanol–water partition coefficient (Wildman–Crippen LogP) is 4.70. The third kappa shape index (κ3) is 2.81. The van der Waals surface area contributed by atoms with Crippen molar-refractivity contribution in [1.29, 1.82) is 0 Å².